The van der Waals surface area contributed by atoms with Gasteiger partial charge in [-0.15, -0.1) is 0 Å². The van der Waals surface area contributed by atoms with Crippen LogP contribution in [0.1, 0.15) is 25.3 Å². The Morgan fingerprint density at radius 2 is 2.00 bits per heavy atom. The Morgan fingerprint density at radius 1 is 1.35 bits per heavy atom. The topological polar surface area (TPSA) is 46.3 Å². The number of nitrogen functional groups attached to an aromatic ring is 1. The predicted octanol–water partition coefficient (Wildman–Crippen LogP) is 2.07. The molecule has 0 spiro atoms. The van der Waals surface area contributed by atoms with E-state index in [-0.39, 0.29) is 5.91 Å². The first-order chi connectivity index (χ1) is 8.16. The van der Waals surface area contributed by atoms with Gasteiger partial charge in [0.15, 0.2) is 0 Å². The average Bonchev–Trinajstić information content (AvgIpc) is 2.33. The van der Waals surface area contributed by atoms with Crippen LogP contribution in [0.15, 0.2) is 24.3 Å². The van der Waals surface area contributed by atoms with Gasteiger partial charge in [0, 0.05) is 18.8 Å². The minimum atomic E-state index is 0.204. The van der Waals surface area contributed by atoms with Gasteiger partial charge < -0.3 is 10.6 Å². The highest BCUT2D eigenvalue weighted by atomic mass is 16.2. The Bertz CT molecular complexity index is 395. The minimum Gasteiger partial charge on any atom is -0.398 e. The predicted molar refractivity (Wildman–Crippen MR) is 69.5 cm³/mol. The summed E-state index contributed by atoms with van der Waals surface area (Å²) in [6.07, 6.45) is 2.67. The van der Waals surface area contributed by atoms with E-state index in [1.165, 1.54) is 0 Å². The third-order valence-corrected chi connectivity index (χ3v) is 3.53. The minimum absolute atomic E-state index is 0.204. The first-order valence-corrected chi connectivity index (χ1v) is 6.28. The number of hydrogen-bond donors (Lipinski definition) is 1. The molecule has 1 amide bonds. The van der Waals surface area contributed by atoms with E-state index in [4.69, 9.17) is 5.73 Å². The van der Waals surface area contributed by atoms with E-state index < -0.39 is 0 Å². The zero-order valence-electron chi connectivity index (χ0n) is 10.4. The van der Waals surface area contributed by atoms with Crippen molar-refractivity contribution in [3.63, 3.8) is 0 Å². The first-order valence-electron chi connectivity index (χ1n) is 6.28. The Morgan fingerprint density at radius 3 is 2.65 bits per heavy atom. The van der Waals surface area contributed by atoms with Crippen molar-refractivity contribution in [2.75, 3.05) is 18.8 Å². The maximum Gasteiger partial charge on any atom is 0.227 e. The molecule has 0 saturated carbocycles. The number of nitrogens with two attached hydrogens (primary N) is 1. The summed E-state index contributed by atoms with van der Waals surface area (Å²) in [5, 5.41) is 0. The summed E-state index contributed by atoms with van der Waals surface area (Å²) < 4.78 is 0. The lowest BCUT2D eigenvalue weighted by Crippen LogP contribution is -2.38. The number of anilines is 1. The normalized spacial score (nSPS) is 17.1. The fraction of sp³-hybridized carbons (Fsp3) is 0.500. The Balaban J connectivity index is 1.95. The van der Waals surface area contributed by atoms with Crippen molar-refractivity contribution in [3.05, 3.63) is 29.8 Å². The van der Waals surface area contributed by atoms with E-state index in [0.29, 0.717) is 12.1 Å². The van der Waals surface area contributed by atoms with Gasteiger partial charge in [-0.05, 0) is 30.4 Å². The molecule has 3 heteroatoms. The van der Waals surface area contributed by atoms with Crippen LogP contribution in [0.25, 0.3) is 0 Å². The molecule has 1 aromatic carbocycles. The van der Waals surface area contributed by atoms with E-state index in [1.807, 2.05) is 29.2 Å². The number of benzene rings is 1. The molecule has 0 aliphatic carbocycles. The summed E-state index contributed by atoms with van der Waals surface area (Å²) in [7, 11) is 0. The quantitative estimate of drug-likeness (QED) is 0.793. The molecule has 92 valence electrons. The lowest BCUT2D eigenvalue weighted by molar-refractivity contribution is -0.131. The Hall–Kier alpha value is -1.51. The number of carbonyl (C=O) groups is 1. The second kappa shape index (κ2) is 5.21. The summed E-state index contributed by atoms with van der Waals surface area (Å²) in [4.78, 5) is 14.1. The van der Waals surface area contributed by atoms with Crippen LogP contribution in [0.2, 0.25) is 0 Å². The Labute approximate surface area is 103 Å². The molecule has 17 heavy (non-hydrogen) atoms. The molecule has 0 unspecified atom stereocenters. The molecule has 1 saturated heterocycles. The van der Waals surface area contributed by atoms with Crippen molar-refractivity contribution in [2.24, 2.45) is 5.92 Å². The van der Waals surface area contributed by atoms with Crippen LogP contribution >= 0.6 is 0 Å². The largest absolute Gasteiger partial charge is 0.398 e. The van der Waals surface area contributed by atoms with Gasteiger partial charge in [-0.2, -0.15) is 0 Å². The van der Waals surface area contributed by atoms with E-state index >= 15 is 0 Å². The number of likely N-dealkylation sites (tertiary alicyclic amines) is 1. The summed E-state index contributed by atoms with van der Waals surface area (Å²) in [6.45, 7) is 4.04. The molecule has 1 heterocycles. The molecule has 2 N–H and O–H groups in total. The number of carbonyl (C=O) groups excluding carboxylic acids is 1. The second-order valence-electron chi connectivity index (χ2n) is 4.94. The van der Waals surface area contributed by atoms with Gasteiger partial charge in [-0.1, -0.05) is 25.1 Å². The van der Waals surface area contributed by atoms with Crippen LogP contribution in [-0.4, -0.2) is 23.9 Å². The van der Waals surface area contributed by atoms with Crippen LogP contribution in [0.3, 0.4) is 0 Å². The van der Waals surface area contributed by atoms with Crippen LogP contribution in [0.4, 0.5) is 5.69 Å². The second-order valence-corrected chi connectivity index (χ2v) is 4.94. The van der Waals surface area contributed by atoms with Gasteiger partial charge in [0.2, 0.25) is 5.91 Å². The fourth-order valence-electron chi connectivity index (χ4n) is 2.23. The lowest BCUT2D eigenvalue weighted by atomic mass is 9.98. The zero-order valence-corrected chi connectivity index (χ0v) is 10.4. The molecule has 2 rings (SSSR count). The van der Waals surface area contributed by atoms with Gasteiger partial charge in [0.05, 0.1) is 6.42 Å². The van der Waals surface area contributed by atoms with E-state index in [9.17, 15) is 4.79 Å². The molecular weight excluding hydrogens is 212 g/mol. The third kappa shape index (κ3) is 2.99. The number of rotatable bonds is 2. The third-order valence-electron chi connectivity index (χ3n) is 3.53. The van der Waals surface area contributed by atoms with Crippen LogP contribution < -0.4 is 5.73 Å². The van der Waals surface area contributed by atoms with Gasteiger partial charge in [-0.3, -0.25) is 4.79 Å². The summed E-state index contributed by atoms with van der Waals surface area (Å²) >= 11 is 0. The molecule has 3 nitrogen and oxygen atoms in total. The number of para-hydroxylation sites is 1. The number of amides is 1. The monoisotopic (exact) mass is 232 g/mol. The molecule has 1 aliphatic rings. The lowest BCUT2D eigenvalue weighted by Gasteiger charge is -2.30. The molecule has 0 aromatic heterocycles. The number of piperidine rings is 1. The maximum absolute atomic E-state index is 12.1. The first kappa shape index (κ1) is 12.0. The molecule has 0 atom stereocenters. The SMILES string of the molecule is CC1CCN(C(=O)Cc2ccccc2N)CC1. The molecule has 0 bridgehead atoms. The van der Waals surface area contributed by atoms with Gasteiger partial charge >= 0.3 is 0 Å². The van der Waals surface area contributed by atoms with Crippen molar-refractivity contribution < 1.29 is 4.79 Å². The zero-order chi connectivity index (χ0) is 12.3. The smallest absolute Gasteiger partial charge is 0.227 e. The molecule has 1 aromatic rings. The molecular formula is C14H20N2O. The number of nitrogens with zero attached hydrogens (tertiary/aromatic N) is 1. The van der Waals surface area contributed by atoms with E-state index in [0.717, 1.165) is 37.4 Å². The van der Waals surface area contributed by atoms with Gasteiger partial charge in [0.1, 0.15) is 0 Å². The van der Waals surface area contributed by atoms with Crippen LogP contribution in [0, 0.1) is 5.92 Å². The average molecular weight is 232 g/mol. The van der Waals surface area contributed by atoms with Crippen molar-refractivity contribution in [3.8, 4) is 0 Å². The summed E-state index contributed by atoms with van der Waals surface area (Å²) in [6, 6.07) is 7.60. The fourth-order valence-corrected chi connectivity index (χ4v) is 2.23. The van der Waals surface area contributed by atoms with Crippen molar-refractivity contribution in [1.29, 1.82) is 0 Å². The molecule has 1 aliphatic heterocycles. The van der Waals surface area contributed by atoms with E-state index in [2.05, 4.69) is 6.92 Å². The van der Waals surface area contributed by atoms with Crippen molar-refractivity contribution in [2.45, 2.75) is 26.2 Å². The van der Waals surface area contributed by atoms with Crippen molar-refractivity contribution >= 4 is 11.6 Å². The van der Waals surface area contributed by atoms with E-state index in [1.54, 1.807) is 0 Å². The molecule has 1 fully saturated rings. The number of hydrogen-bond acceptors (Lipinski definition) is 2. The highest BCUT2D eigenvalue weighted by Crippen LogP contribution is 2.18. The summed E-state index contributed by atoms with van der Waals surface area (Å²) in [5.41, 5.74) is 7.50. The van der Waals surface area contributed by atoms with Gasteiger partial charge in [-0.25, -0.2) is 0 Å². The van der Waals surface area contributed by atoms with Crippen molar-refractivity contribution in [1.82, 2.24) is 4.90 Å². The Kier molecular flexibility index (Phi) is 3.67. The van der Waals surface area contributed by atoms with Crippen LogP contribution in [-0.2, 0) is 11.2 Å². The summed E-state index contributed by atoms with van der Waals surface area (Å²) in [5.74, 6) is 0.954. The van der Waals surface area contributed by atoms with Crippen LogP contribution in [0.5, 0.6) is 0 Å². The van der Waals surface area contributed by atoms with Gasteiger partial charge in [0.25, 0.3) is 0 Å². The molecule has 0 radical (unpaired) electrons. The standard InChI is InChI=1S/C14H20N2O/c1-11-6-8-16(9-7-11)14(17)10-12-4-2-3-5-13(12)15/h2-5,11H,6-10,15H2,1H3. The highest BCUT2D eigenvalue weighted by molar-refractivity contribution is 5.80. The maximum atomic E-state index is 12.1. The highest BCUT2D eigenvalue weighted by Gasteiger charge is 2.20.